The maximum Gasteiger partial charge on any atom is 0.573 e. The van der Waals surface area contributed by atoms with E-state index < -0.39 is 23.8 Å². The second-order valence-electron chi connectivity index (χ2n) is 5.34. The van der Waals surface area contributed by atoms with Crippen LogP contribution in [0.15, 0.2) is 52.6 Å². The van der Waals surface area contributed by atoms with Crippen LogP contribution in [0, 0.1) is 5.82 Å². The summed E-state index contributed by atoms with van der Waals surface area (Å²) in [5.74, 6) is -1.35. The lowest BCUT2D eigenvalue weighted by atomic mass is 10.2. The van der Waals surface area contributed by atoms with E-state index in [4.69, 9.17) is 12.2 Å². The van der Waals surface area contributed by atoms with Gasteiger partial charge in [-0.2, -0.15) is 0 Å². The Morgan fingerprint density at radius 1 is 1.15 bits per heavy atom. The van der Waals surface area contributed by atoms with Gasteiger partial charge in [-0.15, -0.1) is 13.2 Å². The summed E-state index contributed by atoms with van der Waals surface area (Å²) in [5.41, 5.74) is 0.975. The highest BCUT2D eigenvalue weighted by molar-refractivity contribution is 9.10. The number of hydrogen-bond acceptors (Lipinski definition) is 3. The molecule has 1 saturated heterocycles. The van der Waals surface area contributed by atoms with Crippen LogP contribution in [0.3, 0.4) is 0 Å². The van der Waals surface area contributed by atoms with Crippen LogP contribution in [0.25, 0.3) is 6.08 Å². The number of carbonyl (C=O) groups excluding carboxylic acids is 1. The van der Waals surface area contributed by atoms with E-state index in [9.17, 15) is 22.4 Å². The first-order chi connectivity index (χ1) is 12.6. The van der Waals surface area contributed by atoms with E-state index in [0.717, 1.165) is 17.0 Å². The average Bonchev–Trinajstić information content (AvgIpc) is 2.84. The van der Waals surface area contributed by atoms with E-state index in [-0.39, 0.29) is 21.0 Å². The summed E-state index contributed by atoms with van der Waals surface area (Å²) in [6, 6.07) is 8.94. The predicted octanol–water partition coefficient (Wildman–Crippen LogP) is 4.75. The third-order valence-electron chi connectivity index (χ3n) is 3.46. The van der Waals surface area contributed by atoms with Gasteiger partial charge in [0, 0.05) is 0 Å². The van der Waals surface area contributed by atoms with Crippen LogP contribution >= 0.6 is 28.1 Å². The first kappa shape index (κ1) is 19.3. The van der Waals surface area contributed by atoms with Gasteiger partial charge in [0.2, 0.25) is 0 Å². The molecule has 2 aromatic rings. The number of carbonyl (C=O) groups is 1. The van der Waals surface area contributed by atoms with Gasteiger partial charge >= 0.3 is 6.36 Å². The smallest absolute Gasteiger partial charge is 0.406 e. The Hall–Kier alpha value is -2.46. The molecule has 1 fully saturated rings. The summed E-state index contributed by atoms with van der Waals surface area (Å²) in [6.45, 7) is 0. The molecule has 1 amide bonds. The molecule has 0 unspecified atom stereocenters. The molecule has 0 aromatic heterocycles. The summed E-state index contributed by atoms with van der Waals surface area (Å²) in [7, 11) is 0. The van der Waals surface area contributed by atoms with Crippen molar-refractivity contribution in [2.75, 3.05) is 4.90 Å². The van der Waals surface area contributed by atoms with Gasteiger partial charge in [0.25, 0.3) is 5.91 Å². The van der Waals surface area contributed by atoms with Gasteiger partial charge in [0.05, 0.1) is 10.2 Å². The monoisotopic (exact) mass is 460 g/mol. The van der Waals surface area contributed by atoms with Crippen molar-refractivity contribution < 1.29 is 27.1 Å². The molecule has 0 aliphatic carbocycles. The topological polar surface area (TPSA) is 41.6 Å². The molecule has 0 spiro atoms. The first-order valence-corrected chi connectivity index (χ1v) is 8.52. The van der Waals surface area contributed by atoms with Gasteiger partial charge in [-0.25, -0.2) is 4.39 Å². The van der Waals surface area contributed by atoms with Crippen molar-refractivity contribution in [1.82, 2.24) is 5.32 Å². The average molecular weight is 461 g/mol. The van der Waals surface area contributed by atoms with E-state index in [1.807, 2.05) is 0 Å². The lowest BCUT2D eigenvalue weighted by Gasteiger charge is -2.15. The van der Waals surface area contributed by atoms with E-state index >= 15 is 0 Å². The standard InChI is InChI=1S/C17H9BrF4N2O2S/c18-12-7-9(1-6-13(12)19)8-14-15(25)24(16(27)23-14)10-2-4-11(5-3-10)26-17(20,21)22/h1-8H,(H,23,27)/b14-8-. The molecular formula is C17H9BrF4N2O2S. The molecule has 0 saturated carbocycles. The minimum Gasteiger partial charge on any atom is -0.406 e. The Kier molecular flexibility index (Phi) is 5.20. The van der Waals surface area contributed by atoms with Crippen molar-refractivity contribution in [2.45, 2.75) is 6.36 Å². The van der Waals surface area contributed by atoms with E-state index in [0.29, 0.717) is 5.56 Å². The minimum absolute atomic E-state index is 0.0666. The molecule has 1 N–H and O–H groups in total. The summed E-state index contributed by atoms with van der Waals surface area (Å²) in [5, 5.41) is 2.80. The number of nitrogens with zero attached hydrogens (tertiary/aromatic N) is 1. The Morgan fingerprint density at radius 3 is 2.41 bits per heavy atom. The fourth-order valence-electron chi connectivity index (χ4n) is 2.34. The number of anilines is 1. The summed E-state index contributed by atoms with van der Waals surface area (Å²) >= 11 is 8.19. The highest BCUT2D eigenvalue weighted by atomic mass is 79.9. The molecule has 2 aromatic carbocycles. The molecule has 1 aliphatic heterocycles. The molecule has 1 aliphatic rings. The van der Waals surface area contributed by atoms with Crippen LogP contribution in [0.4, 0.5) is 23.2 Å². The number of benzene rings is 2. The molecule has 4 nitrogen and oxygen atoms in total. The third kappa shape index (κ3) is 4.45. The van der Waals surface area contributed by atoms with E-state index in [1.54, 1.807) is 0 Å². The lowest BCUT2D eigenvalue weighted by Crippen LogP contribution is -2.30. The number of rotatable bonds is 3. The van der Waals surface area contributed by atoms with E-state index in [1.165, 1.54) is 36.4 Å². The van der Waals surface area contributed by atoms with Crippen molar-refractivity contribution >= 4 is 50.9 Å². The molecule has 0 bridgehead atoms. The highest BCUT2D eigenvalue weighted by Gasteiger charge is 2.33. The number of nitrogens with one attached hydrogen (secondary N) is 1. The molecule has 27 heavy (non-hydrogen) atoms. The van der Waals surface area contributed by atoms with Crippen molar-refractivity contribution in [3.8, 4) is 5.75 Å². The summed E-state index contributed by atoms with van der Waals surface area (Å²) in [4.78, 5) is 13.7. The number of halogens is 5. The zero-order valence-electron chi connectivity index (χ0n) is 13.2. The SMILES string of the molecule is O=C1/C(=C/c2ccc(F)c(Br)c2)NC(=S)N1c1ccc(OC(F)(F)F)cc1. The highest BCUT2D eigenvalue weighted by Crippen LogP contribution is 2.28. The van der Waals surface area contributed by atoms with Crippen LogP contribution < -0.4 is 15.0 Å². The predicted molar refractivity (Wildman–Crippen MR) is 98.4 cm³/mol. The number of thiocarbonyl (C=S) groups is 1. The van der Waals surface area contributed by atoms with Crippen molar-refractivity contribution in [2.24, 2.45) is 0 Å². The lowest BCUT2D eigenvalue weighted by molar-refractivity contribution is -0.274. The first-order valence-electron chi connectivity index (χ1n) is 7.32. The molecule has 10 heteroatoms. The third-order valence-corrected chi connectivity index (χ3v) is 4.35. The quantitative estimate of drug-likeness (QED) is 0.407. The largest absolute Gasteiger partial charge is 0.573 e. The normalized spacial score (nSPS) is 16.0. The van der Waals surface area contributed by atoms with Gasteiger partial charge in [-0.3, -0.25) is 9.69 Å². The van der Waals surface area contributed by atoms with Crippen LogP contribution in [-0.2, 0) is 4.79 Å². The zero-order valence-corrected chi connectivity index (χ0v) is 15.6. The second kappa shape index (κ2) is 7.28. The van der Waals surface area contributed by atoms with Crippen LogP contribution in [0.5, 0.6) is 5.75 Å². The number of amides is 1. The maximum absolute atomic E-state index is 13.3. The van der Waals surface area contributed by atoms with Gasteiger partial charge < -0.3 is 10.1 Å². The van der Waals surface area contributed by atoms with Gasteiger partial charge in [-0.1, -0.05) is 6.07 Å². The molecule has 140 valence electrons. The summed E-state index contributed by atoms with van der Waals surface area (Å²) in [6.07, 6.45) is -3.32. The molecular weight excluding hydrogens is 452 g/mol. The van der Waals surface area contributed by atoms with Gasteiger partial charge in [0.1, 0.15) is 17.3 Å². The van der Waals surface area contributed by atoms with E-state index in [2.05, 4.69) is 26.0 Å². The number of alkyl halides is 3. The number of ether oxygens (including phenoxy) is 1. The van der Waals surface area contributed by atoms with Crippen LogP contribution in [0.2, 0.25) is 0 Å². The van der Waals surface area contributed by atoms with Crippen molar-refractivity contribution in [1.29, 1.82) is 0 Å². The fourth-order valence-corrected chi connectivity index (χ4v) is 3.03. The fraction of sp³-hybridized carbons (Fsp3) is 0.0588. The van der Waals surface area contributed by atoms with Gasteiger partial charge in [-0.05, 0) is 76.2 Å². The molecule has 1 heterocycles. The Morgan fingerprint density at radius 2 is 1.81 bits per heavy atom. The second-order valence-corrected chi connectivity index (χ2v) is 6.59. The molecule has 3 rings (SSSR count). The Labute approximate surface area is 164 Å². The Balaban J connectivity index is 1.83. The van der Waals surface area contributed by atoms with Crippen molar-refractivity contribution in [3.05, 3.63) is 64.0 Å². The minimum atomic E-state index is -4.80. The van der Waals surface area contributed by atoms with Crippen molar-refractivity contribution in [3.63, 3.8) is 0 Å². The zero-order chi connectivity index (χ0) is 19.8. The maximum atomic E-state index is 13.3. The summed E-state index contributed by atoms with van der Waals surface area (Å²) < 4.78 is 54.0. The Bertz CT molecular complexity index is 945. The number of hydrogen-bond donors (Lipinski definition) is 1. The molecule has 0 radical (unpaired) electrons. The van der Waals surface area contributed by atoms with Crippen LogP contribution in [-0.4, -0.2) is 17.4 Å². The van der Waals surface area contributed by atoms with Gasteiger partial charge in [0.15, 0.2) is 5.11 Å². The van der Waals surface area contributed by atoms with Crippen LogP contribution in [0.1, 0.15) is 5.56 Å². The molecule has 0 atom stereocenters.